The second-order valence-corrected chi connectivity index (χ2v) is 8.34. The van der Waals surface area contributed by atoms with Gasteiger partial charge in [-0.1, -0.05) is 26.7 Å². The molecule has 6 heteroatoms. The van der Waals surface area contributed by atoms with E-state index in [1.807, 2.05) is 32.9 Å². The zero-order valence-electron chi connectivity index (χ0n) is 12.9. The Balaban J connectivity index is 2.92. The van der Waals surface area contributed by atoms with Gasteiger partial charge < -0.3 is 4.74 Å². The van der Waals surface area contributed by atoms with Crippen molar-refractivity contribution in [2.45, 2.75) is 46.5 Å². The van der Waals surface area contributed by atoms with Crippen LogP contribution in [0.1, 0.15) is 45.2 Å². The molecule has 1 rings (SSSR count). The van der Waals surface area contributed by atoms with E-state index >= 15 is 0 Å². The first-order valence-electron chi connectivity index (χ1n) is 7.28. The first-order valence-corrected chi connectivity index (χ1v) is 9.76. The van der Waals surface area contributed by atoms with Crippen LogP contribution in [0.3, 0.4) is 0 Å². The number of aromatic nitrogens is 1. The van der Waals surface area contributed by atoms with Gasteiger partial charge in [0.05, 0.1) is 18.1 Å². The number of hydrogen-bond donors (Lipinski definition) is 0. The number of ether oxygens (including phenoxy) is 1. The number of halogens is 1. The fourth-order valence-corrected chi connectivity index (χ4v) is 4.53. The lowest BCUT2D eigenvalue weighted by Gasteiger charge is -2.32. The summed E-state index contributed by atoms with van der Waals surface area (Å²) in [5, 5.41) is 0. The molecule has 0 amide bonds. The van der Waals surface area contributed by atoms with Crippen LogP contribution in [-0.2, 0) is 9.05 Å². The van der Waals surface area contributed by atoms with Gasteiger partial charge in [-0.3, -0.25) is 4.98 Å². The molecule has 0 saturated heterocycles. The maximum atomic E-state index is 11.6. The number of rotatable bonds is 9. The summed E-state index contributed by atoms with van der Waals surface area (Å²) in [7, 11) is 1.94. The molecule has 0 atom stereocenters. The van der Waals surface area contributed by atoms with Crippen molar-refractivity contribution in [2.75, 3.05) is 12.4 Å². The molecule has 0 aliphatic carbocycles. The van der Waals surface area contributed by atoms with Crippen molar-refractivity contribution in [1.82, 2.24) is 4.98 Å². The van der Waals surface area contributed by atoms with Gasteiger partial charge in [0, 0.05) is 22.3 Å². The highest BCUT2D eigenvalue weighted by atomic mass is 35.7. The molecular weight excluding hydrogens is 310 g/mol. The molecule has 0 bridgehead atoms. The summed E-state index contributed by atoms with van der Waals surface area (Å²) in [5.41, 5.74) is 0.361. The van der Waals surface area contributed by atoms with E-state index in [1.165, 1.54) is 0 Å². The molecule has 0 unspecified atom stereocenters. The monoisotopic (exact) mass is 333 g/mol. The third-order valence-corrected chi connectivity index (χ3v) is 4.82. The first kappa shape index (κ1) is 18.2. The standard InChI is InChI=1S/C15H24ClNO3S/c1-4-8-15(9-5-2,12-21(16,18)19)11-20-14-7-6-10-17-13(14)3/h6-7,10H,4-5,8-9,11-12H2,1-3H3. The van der Waals surface area contributed by atoms with Gasteiger partial charge in [0.15, 0.2) is 0 Å². The summed E-state index contributed by atoms with van der Waals surface area (Å²) >= 11 is 0. The number of pyridine rings is 1. The van der Waals surface area contributed by atoms with E-state index in [4.69, 9.17) is 15.4 Å². The zero-order chi connectivity index (χ0) is 15.9. The van der Waals surface area contributed by atoms with Crippen molar-refractivity contribution in [1.29, 1.82) is 0 Å². The topological polar surface area (TPSA) is 56.3 Å². The highest BCUT2D eigenvalue weighted by Crippen LogP contribution is 2.34. The third-order valence-electron chi connectivity index (χ3n) is 3.53. The SMILES string of the molecule is CCCC(CCC)(COc1cccnc1C)CS(=O)(=O)Cl. The van der Waals surface area contributed by atoms with E-state index in [0.717, 1.165) is 31.4 Å². The predicted octanol–water partition coefficient (Wildman–Crippen LogP) is 3.92. The summed E-state index contributed by atoms with van der Waals surface area (Å²) in [6, 6.07) is 3.65. The van der Waals surface area contributed by atoms with Crippen molar-refractivity contribution in [3.8, 4) is 5.75 Å². The van der Waals surface area contributed by atoms with Gasteiger partial charge >= 0.3 is 0 Å². The highest BCUT2D eigenvalue weighted by Gasteiger charge is 2.34. The Morgan fingerprint density at radius 1 is 1.29 bits per heavy atom. The van der Waals surface area contributed by atoms with Crippen LogP contribution in [0, 0.1) is 12.3 Å². The Kier molecular flexibility index (Phi) is 6.94. The fourth-order valence-electron chi connectivity index (χ4n) is 2.73. The summed E-state index contributed by atoms with van der Waals surface area (Å²) in [6.07, 6.45) is 5.03. The van der Waals surface area contributed by atoms with Gasteiger partial charge in [0.25, 0.3) is 0 Å². The van der Waals surface area contributed by atoms with Gasteiger partial charge in [0.2, 0.25) is 9.05 Å². The summed E-state index contributed by atoms with van der Waals surface area (Å²) < 4.78 is 29.0. The molecule has 4 nitrogen and oxygen atoms in total. The fraction of sp³-hybridized carbons (Fsp3) is 0.667. The average molecular weight is 334 g/mol. The zero-order valence-corrected chi connectivity index (χ0v) is 14.5. The number of nitrogens with zero attached hydrogens (tertiary/aromatic N) is 1. The Hall–Kier alpha value is -0.810. The van der Waals surface area contributed by atoms with Crippen molar-refractivity contribution in [3.05, 3.63) is 24.0 Å². The molecule has 0 N–H and O–H groups in total. The summed E-state index contributed by atoms with van der Waals surface area (Å²) in [5.74, 6) is 0.642. The lowest BCUT2D eigenvalue weighted by atomic mass is 9.82. The molecule has 1 heterocycles. The van der Waals surface area contributed by atoms with Crippen molar-refractivity contribution in [2.24, 2.45) is 5.41 Å². The molecule has 0 aliphatic rings. The molecule has 0 aliphatic heterocycles. The number of aryl methyl sites for hydroxylation is 1. The van der Waals surface area contributed by atoms with Crippen molar-refractivity contribution in [3.63, 3.8) is 0 Å². The molecule has 21 heavy (non-hydrogen) atoms. The third kappa shape index (κ3) is 6.22. The molecule has 0 saturated carbocycles. The van der Waals surface area contributed by atoms with Gasteiger partial charge in [-0.15, -0.1) is 0 Å². The van der Waals surface area contributed by atoms with Gasteiger partial charge in [-0.05, 0) is 31.9 Å². The predicted molar refractivity (Wildman–Crippen MR) is 86.4 cm³/mol. The smallest absolute Gasteiger partial charge is 0.233 e. The Morgan fingerprint density at radius 3 is 2.38 bits per heavy atom. The minimum atomic E-state index is -3.56. The lowest BCUT2D eigenvalue weighted by Crippen LogP contribution is -2.35. The molecule has 0 fully saturated rings. The highest BCUT2D eigenvalue weighted by molar-refractivity contribution is 8.13. The average Bonchev–Trinajstić information content (AvgIpc) is 2.36. The quantitative estimate of drug-likeness (QED) is 0.642. The van der Waals surface area contributed by atoms with E-state index in [1.54, 1.807) is 6.20 Å². The second-order valence-electron chi connectivity index (χ2n) is 5.56. The van der Waals surface area contributed by atoms with Gasteiger partial charge in [-0.25, -0.2) is 8.42 Å². The number of hydrogen-bond acceptors (Lipinski definition) is 4. The molecule has 120 valence electrons. The van der Waals surface area contributed by atoms with E-state index in [9.17, 15) is 8.42 Å². The minimum absolute atomic E-state index is 0.0530. The van der Waals surface area contributed by atoms with Crippen LogP contribution < -0.4 is 4.74 Å². The normalized spacial score (nSPS) is 12.4. The summed E-state index contributed by atoms with van der Waals surface area (Å²) in [6.45, 7) is 6.29. The summed E-state index contributed by atoms with van der Waals surface area (Å²) in [4.78, 5) is 4.18. The van der Waals surface area contributed by atoms with Crippen LogP contribution in [0.2, 0.25) is 0 Å². The molecule has 1 aromatic heterocycles. The maximum Gasteiger partial charge on any atom is 0.233 e. The first-order chi connectivity index (χ1) is 9.82. The van der Waals surface area contributed by atoms with E-state index in [-0.39, 0.29) is 5.75 Å². The molecule has 1 aromatic rings. The van der Waals surface area contributed by atoms with Crippen LogP contribution in [0.5, 0.6) is 5.75 Å². The van der Waals surface area contributed by atoms with Crippen molar-refractivity contribution >= 4 is 19.7 Å². The molecular formula is C15H24ClNO3S. The van der Waals surface area contributed by atoms with Gasteiger partial charge in [0.1, 0.15) is 5.75 Å². The molecule has 0 aromatic carbocycles. The van der Waals surface area contributed by atoms with E-state index < -0.39 is 14.5 Å². The van der Waals surface area contributed by atoms with Crippen LogP contribution in [-0.4, -0.2) is 25.8 Å². The lowest BCUT2D eigenvalue weighted by molar-refractivity contribution is 0.140. The van der Waals surface area contributed by atoms with Crippen LogP contribution >= 0.6 is 10.7 Å². The largest absolute Gasteiger partial charge is 0.491 e. The van der Waals surface area contributed by atoms with Crippen LogP contribution in [0.15, 0.2) is 18.3 Å². The van der Waals surface area contributed by atoms with Crippen LogP contribution in [0.25, 0.3) is 0 Å². The van der Waals surface area contributed by atoms with Crippen molar-refractivity contribution < 1.29 is 13.2 Å². The minimum Gasteiger partial charge on any atom is -0.491 e. The Morgan fingerprint density at radius 2 is 1.90 bits per heavy atom. The molecule has 0 spiro atoms. The maximum absolute atomic E-state index is 11.6. The van der Waals surface area contributed by atoms with Crippen LogP contribution in [0.4, 0.5) is 0 Å². The van der Waals surface area contributed by atoms with E-state index in [2.05, 4.69) is 4.98 Å². The van der Waals surface area contributed by atoms with E-state index in [0.29, 0.717) is 12.4 Å². The Labute approximate surface area is 132 Å². The Bertz CT molecular complexity index is 540. The van der Waals surface area contributed by atoms with Gasteiger partial charge in [-0.2, -0.15) is 0 Å². The second kappa shape index (κ2) is 7.99. The molecule has 0 radical (unpaired) electrons.